The van der Waals surface area contributed by atoms with E-state index >= 15 is 0 Å². The van der Waals surface area contributed by atoms with Crippen molar-refractivity contribution in [1.29, 1.82) is 0 Å². The molecule has 0 spiro atoms. The number of anilines is 1. The largest absolute Gasteiger partial charge is 0.452 e. The fourth-order valence-corrected chi connectivity index (χ4v) is 2.11. The molecule has 2 heterocycles. The summed E-state index contributed by atoms with van der Waals surface area (Å²) in [7, 11) is 0. The van der Waals surface area contributed by atoms with Gasteiger partial charge in [0.25, 0.3) is 5.91 Å². The molecule has 0 aromatic carbocycles. The standard InChI is InChI=1S/C10H8ClNO2S/c1-6-4-15-5-8(6)12-10(13)7-2-3-14-9(7)11/h2-5H,1H3,(H,12,13). The molecule has 0 unspecified atom stereocenters. The maximum Gasteiger partial charge on any atom is 0.260 e. The summed E-state index contributed by atoms with van der Waals surface area (Å²) in [5, 5.41) is 6.71. The number of carbonyl (C=O) groups is 1. The lowest BCUT2D eigenvalue weighted by molar-refractivity contribution is 0.102. The Hall–Kier alpha value is -1.26. The Balaban J connectivity index is 2.18. The van der Waals surface area contributed by atoms with Crippen LogP contribution in [0.25, 0.3) is 0 Å². The third kappa shape index (κ3) is 2.06. The Labute approximate surface area is 95.7 Å². The lowest BCUT2D eigenvalue weighted by atomic mass is 10.3. The van der Waals surface area contributed by atoms with E-state index in [1.54, 1.807) is 6.07 Å². The summed E-state index contributed by atoms with van der Waals surface area (Å²) >= 11 is 7.23. The molecular formula is C10H8ClNO2S. The van der Waals surface area contributed by atoms with Crippen LogP contribution >= 0.6 is 22.9 Å². The van der Waals surface area contributed by atoms with Crippen molar-refractivity contribution in [2.24, 2.45) is 0 Å². The molecule has 2 aromatic heterocycles. The molecule has 3 nitrogen and oxygen atoms in total. The fraction of sp³-hybridized carbons (Fsp3) is 0.100. The van der Waals surface area contributed by atoms with Gasteiger partial charge in [0.2, 0.25) is 5.22 Å². The van der Waals surface area contributed by atoms with E-state index in [0.29, 0.717) is 5.56 Å². The number of carbonyl (C=O) groups excluding carboxylic acids is 1. The average molecular weight is 242 g/mol. The van der Waals surface area contributed by atoms with Gasteiger partial charge < -0.3 is 9.73 Å². The van der Waals surface area contributed by atoms with Crippen LogP contribution in [0, 0.1) is 6.92 Å². The van der Waals surface area contributed by atoms with Crippen molar-refractivity contribution in [3.05, 3.63) is 39.4 Å². The quantitative estimate of drug-likeness (QED) is 0.874. The molecule has 0 aliphatic heterocycles. The van der Waals surface area contributed by atoms with Crippen molar-refractivity contribution < 1.29 is 9.21 Å². The Bertz CT molecular complexity index is 489. The van der Waals surface area contributed by atoms with E-state index in [4.69, 9.17) is 16.0 Å². The lowest BCUT2D eigenvalue weighted by Gasteiger charge is -2.02. The summed E-state index contributed by atoms with van der Waals surface area (Å²) in [4.78, 5) is 11.7. The van der Waals surface area contributed by atoms with Gasteiger partial charge in [-0.2, -0.15) is 0 Å². The van der Waals surface area contributed by atoms with E-state index in [1.807, 2.05) is 17.7 Å². The van der Waals surface area contributed by atoms with E-state index in [2.05, 4.69) is 5.32 Å². The first-order valence-electron chi connectivity index (χ1n) is 4.25. The number of nitrogens with one attached hydrogen (secondary N) is 1. The third-order valence-electron chi connectivity index (χ3n) is 1.97. The molecule has 2 aromatic rings. The van der Waals surface area contributed by atoms with Crippen LogP contribution in [-0.4, -0.2) is 5.91 Å². The molecule has 0 saturated carbocycles. The zero-order valence-electron chi connectivity index (χ0n) is 7.91. The van der Waals surface area contributed by atoms with Crippen LogP contribution in [0.2, 0.25) is 5.22 Å². The van der Waals surface area contributed by atoms with E-state index in [-0.39, 0.29) is 11.1 Å². The van der Waals surface area contributed by atoms with Gasteiger partial charge in [-0.05, 0) is 35.5 Å². The van der Waals surface area contributed by atoms with E-state index < -0.39 is 0 Å². The number of amides is 1. The number of aryl methyl sites for hydroxylation is 1. The number of rotatable bonds is 2. The summed E-state index contributed by atoms with van der Waals surface area (Å²) < 4.78 is 4.84. The molecule has 5 heteroatoms. The summed E-state index contributed by atoms with van der Waals surface area (Å²) in [6.07, 6.45) is 1.39. The van der Waals surface area contributed by atoms with Crippen LogP contribution in [0.15, 0.2) is 27.5 Å². The molecular weight excluding hydrogens is 234 g/mol. The minimum atomic E-state index is -0.254. The smallest absolute Gasteiger partial charge is 0.260 e. The molecule has 2 rings (SSSR count). The topological polar surface area (TPSA) is 42.2 Å². The van der Waals surface area contributed by atoms with E-state index in [1.165, 1.54) is 17.6 Å². The molecule has 0 radical (unpaired) electrons. The van der Waals surface area contributed by atoms with Gasteiger partial charge in [0.05, 0.1) is 17.5 Å². The van der Waals surface area contributed by atoms with E-state index in [9.17, 15) is 4.79 Å². The van der Waals surface area contributed by atoms with Gasteiger partial charge in [0, 0.05) is 5.38 Å². The number of thiophene rings is 1. The summed E-state index contributed by atoms with van der Waals surface area (Å²) in [6, 6.07) is 1.54. The van der Waals surface area contributed by atoms with Crippen molar-refractivity contribution in [3.63, 3.8) is 0 Å². The Kier molecular flexibility index (Phi) is 2.79. The van der Waals surface area contributed by atoms with Gasteiger partial charge in [0.1, 0.15) is 0 Å². The van der Waals surface area contributed by atoms with Crippen LogP contribution in [0.4, 0.5) is 5.69 Å². The molecule has 1 N–H and O–H groups in total. The molecule has 0 aliphatic rings. The van der Waals surface area contributed by atoms with Crippen molar-refractivity contribution in [2.75, 3.05) is 5.32 Å². The molecule has 78 valence electrons. The highest BCUT2D eigenvalue weighted by molar-refractivity contribution is 7.08. The zero-order valence-corrected chi connectivity index (χ0v) is 9.48. The molecule has 0 bridgehead atoms. The second kappa shape index (κ2) is 4.08. The van der Waals surface area contributed by atoms with Gasteiger partial charge in [-0.15, -0.1) is 11.3 Å². The monoisotopic (exact) mass is 241 g/mol. The first-order valence-corrected chi connectivity index (χ1v) is 5.57. The predicted octanol–water partition coefficient (Wildman–Crippen LogP) is 3.56. The molecule has 0 fully saturated rings. The number of halogens is 1. The maximum absolute atomic E-state index is 11.7. The first kappa shape index (κ1) is 10.3. The third-order valence-corrected chi connectivity index (χ3v) is 3.12. The first-order chi connectivity index (χ1) is 7.18. The van der Waals surface area contributed by atoms with Crippen LogP contribution in [0.3, 0.4) is 0 Å². The van der Waals surface area contributed by atoms with E-state index in [0.717, 1.165) is 11.3 Å². The zero-order chi connectivity index (χ0) is 10.8. The normalized spacial score (nSPS) is 10.3. The Morgan fingerprint density at radius 3 is 2.87 bits per heavy atom. The molecule has 0 saturated heterocycles. The van der Waals surface area contributed by atoms with Gasteiger partial charge in [-0.3, -0.25) is 4.79 Å². The average Bonchev–Trinajstić information content (AvgIpc) is 2.76. The van der Waals surface area contributed by atoms with Gasteiger partial charge >= 0.3 is 0 Å². The second-order valence-corrected chi connectivity index (χ2v) is 4.12. The van der Waals surface area contributed by atoms with Gasteiger partial charge in [-0.1, -0.05) is 0 Å². The number of furan rings is 1. The predicted molar refractivity (Wildman–Crippen MR) is 60.7 cm³/mol. The summed E-state index contributed by atoms with van der Waals surface area (Å²) in [5.41, 5.74) is 2.19. The molecule has 0 atom stereocenters. The molecule has 15 heavy (non-hydrogen) atoms. The van der Waals surface area contributed by atoms with Crippen molar-refractivity contribution in [1.82, 2.24) is 0 Å². The van der Waals surface area contributed by atoms with Crippen LogP contribution in [0.5, 0.6) is 0 Å². The highest BCUT2D eigenvalue weighted by Gasteiger charge is 2.13. The highest BCUT2D eigenvalue weighted by Crippen LogP contribution is 2.22. The minimum absolute atomic E-state index is 0.111. The van der Waals surface area contributed by atoms with Crippen LogP contribution < -0.4 is 5.32 Å². The van der Waals surface area contributed by atoms with Crippen molar-refractivity contribution >= 4 is 34.5 Å². The summed E-state index contributed by atoms with van der Waals surface area (Å²) in [5.74, 6) is -0.254. The number of hydrogen-bond donors (Lipinski definition) is 1. The fourth-order valence-electron chi connectivity index (χ4n) is 1.13. The van der Waals surface area contributed by atoms with Gasteiger partial charge in [0.15, 0.2) is 0 Å². The second-order valence-electron chi connectivity index (χ2n) is 3.03. The Morgan fingerprint density at radius 2 is 2.33 bits per heavy atom. The van der Waals surface area contributed by atoms with Gasteiger partial charge in [-0.25, -0.2) is 0 Å². The van der Waals surface area contributed by atoms with Crippen molar-refractivity contribution in [3.8, 4) is 0 Å². The van der Waals surface area contributed by atoms with Crippen LogP contribution in [-0.2, 0) is 0 Å². The number of hydrogen-bond acceptors (Lipinski definition) is 3. The molecule has 0 aliphatic carbocycles. The SMILES string of the molecule is Cc1cscc1NC(=O)c1ccoc1Cl. The molecule has 1 amide bonds. The minimum Gasteiger partial charge on any atom is -0.452 e. The summed E-state index contributed by atoms with van der Waals surface area (Å²) in [6.45, 7) is 1.93. The van der Waals surface area contributed by atoms with Crippen LogP contribution in [0.1, 0.15) is 15.9 Å². The highest BCUT2D eigenvalue weighted by atomic mass is 35.5. The Morgan fingerprint density at radius 1 is 1.53 bits per heavy atom. The lowest BCUT2D eigenvalue weighted by Crippen LogP contribution is -2.11. The van der Waals surface area contributed by atoms with Crippen molar-refractivity contribution in [2.45, 2.75) is 6.92 Å². The maximum atomic E-state index is 11.7.